The normalized spacial score (nSPS) is 10.6. The molecule has 1 aromatic carbocycles. The maximum atomic E-state index is 4.26. The molecule has 0 aliphatic heterocycles. The van der Waals surface area contributed by atoms with Gasteiger partial charge in [0, 0.05) is 12.1 Å². The minimum atomic E-state index is 0.661. The van der Waals surface area contributed by atoms with Gasteiger partial charge in [-0.05, 0) is 19.9 Å². The Morgan fingerprint density at radius 3 is 2.80 bits per heavy atom. The van der Waals surface area contributed by atoms with E-state index in [1.165, 1.54) is 5.56 Å². The number of thiol groups is 1. The molecule has 0 radical (unpaired) electrons. The largest absolute Gasteiger partial charge is 0.303 e. The molecule has 0 aliphatic rings. The van der Waals surface area contributed by atoms with Crippen LogP contribution in [-0.4, -0.2) is 14.8 Å². The Morgan fingerprint density at radius 2 is 2.13 bits per heavy atom. The summed E-state index contributed by atoms with van der Waals surface area (Å²) in [6.07, 6.45) is 0. The summed E-state index contributed by atoms with van der Waals surface area (Å²) < 4.78 is 1.98. The van der Waals surface area contributed by atoms with Crippen molar-refractivity contribution in [2.75, 3.05) is 0 Å². The van der Waals surface area contributed by atoms with Crippen molar-refractivity contribution in [2.45, 2.75) is 25.5 Å². The Hall–Kier alpha value is -1.29. The second kappa shape index (κ2) is 4.06. The van der Waals surface area contributed by atoms with E-state index in [1.54, 1.807) is 0 Å². The van der Waals surface area contributed by atoms with Crippen molar-refractivity contribution in [2.24, 2.45) is 0 Å². The minimum Gasteiger partial charge on any atom is -0.303 e. The Morgan fingerprint density at radius 1 is 1.33 bits per heavy atom. The first-order valence-corrected chi connectivity index (χ1v) is 5.36. The van der Waals surface area contributed by atoms with Crippen LogP contribution < -0.4 is 0 Å². The fraction of sp³-hybridized carbons (Fsp3) is 0.273. The SMILES string of the molecule is CCn1c(S)nnc1-c1cccc(C)c1. The lowest BCUT2D eigenvalue weighted by Crippen LogP contribution is -1.98. The molecule has 0 aliphatic carbocycles. The highest BCUT2D eigenvalue weighted by molar-refractivity contribution is 7.80. The summed E-state index contributed by atoms with van der Waals surface area (Å²) in [6, 6.07) is 8.23. The number of nitrogens with zero attached hydrogens (tertiary/aromatic N) is 3. The van der Waals surface area contributed by atoms with E-state index in [0.717, 1.165) is 17.9 Å². The summed E-state index contributed by atoms with van der Waals surface area (Å²) in [5.74, 6) is 0.881. The zero-order valence-electron chi connectivity index (χ0n) is 8.81. The van der Waals surface area contributed by atoms with E-state index in [0.29, 0.717) is 5.16 Å². The molecular formula is C11H13N3S. The number of hydrogen-bond acceptors (Lipinski definition) is 3. The van der Waals surface area contributed by atoms with E-state index in [9.17, 15) is 0 Å². The van der Waals surface area contributed by atoms with Gasteiger partial charge in [0.2, 0.25) is 0 Å². The van der Waals surface area contributed by atoms with Crippen molar-refractivity contribution in [3.63, 3.8) is 0 Å². The van der Waals surface area contributed by atoms with Gasteiger partial charge in [-0.1, -0.05) is 23.8 Å². The molecule has 0 spiro atoms. The van der Waals surface area contributed by atoms with Gasteiger partial charge in [-0.2, -0.15) is 0 Å². The van der Waals surface area contributed by atoms with Crippen LogP contribution in [-0.2, 0) is 6.54 Å². The number of rotatable bonds is 2. The van der Waals surface area contributed by atoms with Gasteiger partial charge in [-0.25, -0.2) is 0 Å². The van der Waals surface area contributed by atoms with Crippen molar-refractivity contribution in [1.29, 1.82) is 0 Å². The van der Waals surface area contributed by atoms with Crippen LogP contribution in [0.25, 0.3) is 11.4 Å². The maximum absolute atomic E-state index is 4.26. The lowest BCUT2D eigenvalue weighted by atomic mass is 10.1. The second-order valence-corrected chi connectivity index (χ2v) is 3.84. The highest BCUT2D eigenvalue weighted by Crippen LogP contribution is 2.20. The van der Waals surface area contributed by atoms with Crippen LogP contribution in [0.1, 0.15) is 12.5 Å². The van der Waals surface area contributed by atoms with Gasteiger partial charge in [-0.15, -0.1) is 22.8 Å². The molecule has 0 saturated heterocycles. The zero-order valence-corrected chi connectivity index (χ0v) is 9.70. The van der Waals surface area contributed by atoms with Crippen molar-refractivity contribution in [1.82, 2.24) is 14.8 Å². The van der Waals surface area contributed by atoms with Gasteiger partial charge < -0.3 is 4.57 Å². The molecule has 0 unspecified atom stereocenters. The Bertz CT molecular complexity index is 476. The van der Waals surface area contributed by atoms with Gasteiger partial charge in [0.05, 0.1) is 0 Å². The van der Waals surface area contributed by atoms with Crippen molar-refractivity contribution in [3.05, 3.63) is 29.8 Å². The summed E-state index contributed by atoms with van der Waals surface area (Å²) in [5.41, 5.74) is 2.31. The Kier molecular flexibility index (Phi) is 2.77. The lowest BCUT2D eigenvalue weighted by molar-refractivity contribution is 0.690. The molecule has 1 heterocycles. The van der Waals surface area contributed by atoms with Gasteiger partial charge >= 0.3 is 0 Å². The molecule has 2 rings (SSSR count). The highest BCUT2D eigenvalue weighted by Gasteiger charge is 2.09. The topological polar surface area (TPSA) is 30.7 Å². The third kappa shape index (κ3) is 1.90. The molecule has 0 saturated carbocycles. The monoisotopic (exact) mass is 219 g/mol. The molecule has 1 aromatic heterocycles. The predicted octanol–water partition coefficient (Wildman–Crippen LogP) is 2.56. The first-order chi connectivity index (χ1) is 7.22. The third-order valence-electron chi connectivity index (χ3n) is 2.32. The predicted molar refractivity (Wildman–Crippen MR) is 63.1 cm³/mol. The van der Waals surface area contributed by atoms with Crippen LogP contribution in [0.3, 0.4) is 0 Å². The highest BCUT2D eigenvalue weighted by atomic mass is 32.1. The van der Waals surface area contributed by atoms with Gasteiger partial charge in [0.25, 0.3) is 0 Å². The molecule has 0 atom stereocenters. The molecule has 0 bridgehead atoms. The first-order valence-electron chi connectivity index (χ1n) is 4.91. The van der Waals surface area contributed by atoms with Crippen molar-refractivity contribution >= 4 is 12.6 Å². The molecule has 0 N–H and O–H groups in total. The van der Waals surface area contributed by atoms with Gasteiger partial charge in [-0.3, -0.25) is 0 Å². The molecule has 0 fully saturated rings. The van der Waals surface area contributed by atoms with Crippen LogP contribution in [0.5, 0.6) is 0 Å². The molecule has 3 nitrogen and oxygen atoms in total. The fourth-order valence-corrected chi connectivity index (χ4v) is 1.86. The summed E-state index contributed by atoms with van der Waals surface area (Å²) in [4.78, 5) is 0. The van der Waals surface area contributed by atoms with E-state index in [2.05, 4.69) is 48.8 Å². The summed E-state index contributed by atoms with van der Waals surface area (Å²) >= 11 is 4.26. The maximum Gasteiger partial charge on any atom is 0.188 e. The van der Waals surface area contributed by atoms with Crippen LogP contribution >= 0.6 is 12.6 Å². The lowest BCUT2D eigenvalue weighted by Gasteiger charge is -2.05. The van der Waals surface area contributed by atoms with Crippen LogP contribution in [0, 0.1) is 6.92 Å². The van der Waals surface area contributed by atoms with Gasteiger partial charge in [0.1, 0.15) is 0 Å². The van der Waals surface area contributed by atoms with Gasteiger partial charge in [0.15, 0.2) is 11.0 Å². The summed E-state index contributed by atoms with van der Waals surface area (Å²) in [6.45, 7) is 4.95. The quantitative estimate of drug-likeness (QED) is 0.787. The van der Waals surface area contributed by atoms with E-state index < -0.39 is 0 Å². The number of hydrogen-bond donors (Lipinski definition) is 1. The smallest absolute Gasteiger partial charge is 0.188 e. The average molecular weight is 219 g/mol. The summed E-state index contributed by atoms with van der Waals surface area (Å²) in [5, 5.41) is 8.77. The van der Waals surface area contributed by atoms with E-state index in [-0.39, 0.29) is 0 Å². The third-order valence-corrected chi connectivity index (χ3v) is 2.65. The van der Waals surface area contributed by atoms with Crippen LogP contribution in [0.2, 0.25) is 0 Å². The van der Waals surface area contributed by atoms with Crippen molar-refractivity contribution in [3.8, 4) is 11.4 Å². The molecule has 4 heteroatoms. The van der Waals surface area contributed by atoms with E-state index in [4.69, 9.17) is 0 Å². The zero-order chi connectivity index (χ0) is 10.8. The minimum absolute atomic E-state index is 0.661. The van der Waals surface area contributed by atoms with Crippen molar-refractivity contribution < 1.29 is 0 Å². The second-order valence-electron chi connectivity index (χ2n) is 3.44. The summed E-state index contributed by atoms with van der Waals surface area (Å²) in [7, 11) is 0. The number of aromatic nitrogens is 3. The van der Waals surface area contributed by atoms with E-state index in [1.807, 2.05) is 16.7 Å². The first kappa shape index (κ1) is 10.2. The Balaban J connectivity index is 2.54. The van der Waals surface area contributed by atoms with E-state index >= 15 is 0 Å². The van der Waals surface area contributed by atoms with Crippen LogP contribution in [0.15, 0.2) is 29.4 Å². The number of benzene rings is 1. The molecule has 0 amide bonds. The Labute approximate surface area is 94.6 Å². The molecule has 78 valence electrons. The standard InChI is InChI=1S/C11H13N3S/c1-3-14-10(12-13-11(14)15)9-6-4-5-8(2)7-9/h4-7H,3H2,1-2H3,(H,13,15). The molecular weight excluding hydrogens is 206 g/mol. The number of aryl methyl sites for hydroxylation is 1. The molecule has 2 aromatic rings. The average Bonchev–Trinajstić information content (AvgIpc) is 2.59. The fourth-order valence-electron chi connectivity index (χ4n) is 1.58. The molecule has 15 heavy (non-hydrogen) atoms. The van der Waals surface area contributed by atoms with Crippen LogP contribution in [0.4, 0.5) is 0 Å².